The van der Waals surface area contributed by atoms with Crippen molar-refractivity contribution in [3.05, 3.63) is 27.7 Å². The average Bonchev–Trinajstić information content (AvgIpc) is 3.20. The maximum Gasteiger partial charge on any atom is 0.254 e. The van der Waals surface area contributed by atoms with Crippen LogP contribution >= 0.6 is 23.2 Å². The number of methoxy groups -OCH3 is 1. The molecule has 0 aliphatic heterocycles. The van der Waals surface area contributed by atoms with Crippen molar-refractivity contribution in [3.8, 4) is 0 Å². The lowest BCUT2D eigenvalue weighted by Gasteiger charge is -2.22. The normalized spacial score (nSPS) is 14.5. The molecule has 1 aliphatic carbocycles. The molecule has 1 aromatic rings. The summed E-state index contributed by atoms with van der Waals surface area (Å²) in [5, 5.41) is 0.608. The first-order valence-corrected chi connectivity index (χ1v) is 6.84. The number of carbonyl (C=O) groups is 1. The van der Waals surface area contributed by atoms with E-state index < -0.39 is 0 Å². The topological polar surface area (TPSA) is 55.6 Å². The summed E-state index contributed by atoms with van der Waals surface area (Å²) in [6.07, 6.45) is 2.07. The molecule has 0 aromatic heterocycles. The van der Waals surface area contributed by atoms with Crippen molar-refractivity contribution in [2.75, 3.05) is 26.0 Å². The van der Waals surface area contributed by atoms with Crippen LogP contribution in [0.2, 0.25) is 10.0 Å². The molecule has 1 aliphatic rings. The molecule has 4 nitrogen and oxygen atoms in total. The van der Waals surface area contributed by atoms with E-state index >= 15 is 0 Å². The van der Waals surface area contributed by atoms with Crippen LogP contribution in [-0.2, 0) is 4.74 Å². The van der Waals surface area contributed by atoms with Gasteiger partial charge in [-0.3, -0.25) is 4.79 Å². The van der Waals surface area contributed by atoms with E-state index in [1.54, 1.807) is 19.2 Å². The Bertz CT molecular complexity index is 467. The number of anilines is 1. The number of rotatable bonds is 5. The molecule has 19 heavy (non-hydrogen) atoms. The van der Waals surface area contributed by atoms with E-state index in [9.17, 15) is 4.79 Å². The fourth-order valence-electron chi connectivity index (χ4n) is 1.90. The van der Waals surface area contributed by atoms with Crippen molar-refractivity contribution in [3.63, 3.8) is 0 Å². The monoisotopic (exact) mass is 302 g/mol. The van der Waals surface area contributed by atoms with Gasteiger partial charge in [0.05, 0.1) is 22.3 Å². The van der Waals surface area contributed by atoms with Gasteiger partial charge in [0, 0.05) is 25.3 Å². The van der Waals surface area contributed by atoms with Crippen molar-refractivity contribution in [2.45, 2.75) is 18.9 Å². The second-order valence-electron chi connectivity index (χ2n) is 4.58. The number of nitrogen functional groups attached to an aromatic ring is 1. The molecule has 1 amide bonds. The van der Waals surface area contributed by atoms with Gasteiger partial charge in [0.1, 0.15) is 0 Å². The molecule has 0 bridgehead atoms. The third kappa shape index (κ3) is 3.32. The van der Waals surface area contributed by atoms with Gasteiger partial charge in [0.15, 0.2) is 0 Å². The minimum absolute atomic E-state index is 0.0802. The first-order chi connectivity index (χ1) is 9.04. The van der Waals surface area contributed by atoms with E-state index in [0.717, 1.165) is 12.8 Å². The van der Waals surface area contributed by atoms with Gasteiger partial charge in [-0.25, -0.2) is 0 Å². The minimum atomic E-state index is -0.0802. The molecule has 104 valence electrons. The third-order valence-corrected chi connectivity index (χ3v) is 3.74. The Balaban J connectivity index is 2.21. The van der Waals surface area contributed by atoms with Crippen LogP contribution in [-0.4, -0.2) is 37.1 Å². The van der Waals surface area contributed by atoms with Crippen LogP contribution in [0.4, 0.5) is 5.69 Å². The second kappa shape index (κ2) is 5.99. The average molecular weight is 303 g/mol. The predicted octanol–water partition coefficient (Wildman–Crippen LogP) is 2.83. The lowest BCUT2D eigenvalue weighted by molar-refractivity contribution is 0.0680. The number of nitrogens with zero attached hydrogens (tertiary/aromatic N) is 1. The minimum Gasteiger partial charge on any atom is -0.396 e. The molecule has 2 rings (SSSR count). The summed E-state index contributed by atoms with van der Waals surface area (Å²) in [7, 11) is 1.62. The number of amides is 1. The predicted molar refractivity (Wildman–Crippen MR) is 76.8 cm³/mol. The molecular weight excluding hydrogens is 287 g/mol. The van der Waals surface area contributed by atoms with Crippen molar-refractivity contribution in [1.82, 2.24) is 4.90 Å². The third-order valence-electron chi connectivity index (χ3n) is 3.11. The number of halogens is 2. The molecule has 0 saturated heterocycles. The van der Waals surface area contributed by atoms with Gasteiger partial charge in [-0.05, 0) is 25.0 Å². The molecule has 0 spiro atoms. The Morgan fingerprint density at radius 2 is 2.00 bits per heavy atom. The van der Waals surface area contributed by atoms with Crippen LogP contribution in [0.5, 0.6) is 0 Å². The Kier molecular flexibility index (Phi) is 4.55. The number of benzene rings is 1. The lowest BCUT2D eigenvalue weighted by atomic mass is 10.1. The first kappa shape index (κ1) is 14.4. The van der Waals surface area contributed by atoms with E-state index in [0.29, 0.717) is 40.5 Å². The van der Waals surface area contributed by atoms with Gasteiger partial charge < -0.3 is 15.4 Å². The van der Waals surface area contributed by atoms with Gasteiger partial charge >= 0.3 is 0 Å². The SMILES string of the molecule is COCCN(C(=O)c1cc(Cl)c(N)c(Cl)c1)C1CC1. The van der Waals surface area contributed by atoms with Crippen molar-refractivity contribution in [2.24, 2.45) is 0 Å². The van der Waals surface area contributed by atoms with E-state index in [2.05, 4.69) is 0 Å². The molecule has 0 unspecified atom stereocenters. The second-order valence-corrected chi connectivity index (χ2v) is 5.39. The first-order valence-electron chi connectivity index (χ1n) is 6.09. The summed E-state index contributed by atoms with van der Waals surface area (Å²) < 4.78 is 5.04. The zero-order valence-electron chi connectivity index (χ0n) is 10.7. The number of hydrogen-bond donors (Lipinski definition) is 1. The van der Waals surface area contributed by atoms with Crippen LogP contribution < -0.4 is 5.73 Å². The Labute approximate surface area is 122 Å². The molecule has 1 saturated carbocycles. The molecule has 1 aromatic carbocycles. The molecule has 0 atom stereocenters. The lowest BCUT2D eigenvalue weighted by Crippen LogP contribution is -2.35. The highest BCUT2D eigenvalue weighted by atomic mass is 35.5. The highest BCUT2D eigenvalue weighted by Gasteiger charge is 2.33. The van der Waals surface area contributed by atoms with E-state index in [1.165, 1.54) is 0 Å². The fraction of sp³-hybridized carbons (Fsp3) is 0.462. The van der Waals surface area contributed by atoms with Crippen LogP contribution in [0.1, 0.15) is 23.2 Å². The van der Waals surface area contributed by atoms with E-state index in [1.807, 2.05) is 4.90 Å². The molecule has 1 fully saturated rings. The molecule has 6 heteroatoms. The quantitative estimate of drug-likeness (QED) is 0.851. The molecule has 0 radical (unpaired) electrons. The van der Waals surface area contributed by atoms with Crippen LogP contribution in [0.15, 0.2) is 12.1 Å². The number of nitrogens with two attached hydrogens (primary N) is 1. The largest absolute Gasteiger partial charge is 0.396 e. The Morgan fingerprint density at radius 3 is 2.47 bits per heavy atom. The van der Waals surface area contributed by atoms with Gasteiger partial charge in [0.25, 0.3) is 5.91 Å². The van der Waals surface area contributed by atoms with Crippen molar-refractivity contribution in [1.29, 1.82) is 0 Å². The van der Waals surface area contributed by atoms with E-state index in [-0.39, 0.29) is 5.91 Å². The van der Waals surface area contributed by atoms with Gasteiger partial charge in [-0.15, -0.1) is 0 Å². The summed E-state index contributed by atoms with van der Waals surface area (Å²) in [5.74, 6) is -0.0802. The summed E-state index contributed by atoms with van der Waals surface area (Å²) >= 11 is 11.9. The molecule has 2 N–H and O–H groups in total. The van der Waals surface area contributed by atoms with Crippen LogP contribution in [0.25, 0.3) is 0 Å². The summed E-state index contributed by atoms with van der Waals surface area (Å²) in [5.41, 5.74) is 6.44. The molecule has 0 heterocycles. The van der Waals surface area contributed by atoms with Crippen LogP contribution in [0.3, 0.4) is 0 Å². The van der Waals surface area contributed by atoms with Gasteiger partial charge in [-0.2, -0.15) is 0 Å². The number of hydrogen-bond acceptors (Lipinski definition) is 3. The summed E-state index contributed by atoms with van der Waals surface area (Å²) in [6, 6.07) is 3.43. The van der Waals surface area contributed by atoms with E-state index in [4.69, 9.17) is 33.7 Å². The summed E-state index contributed by atoms with van der Waals surface area (Å²) in [4.78, 5) is 14.3. The highest BCUT2D eigenvalue weighted by Crippen LogP contribution is 2.32. The number of ether oxygens (including phenoxy) is 1. The number of carbonyl (C=O) groups excluding carboxylic acids is 1. The Morgan fingerprint density at radius 1 is 1.42 bits per heavy atom. The zero-order chi connectivity index (χ0) is 14.0. The standard InChI is InChI=1S/C13H16Cl2N2O2/c1-19-5-4-17(9-2-3-9)13(18)8-6-10(14)12(16)11(15)7-8/h6-7,9H,2-5,16H2,1H3. The van der Waals surface area contributed by atoms with Gasteiger partial charge in [-0.1, -0.05) is 23.2 Å². The summed E-state index contributed by atoms with van der Waals surface area (Å²) in [6.45, 7) is 1.08. The zero-order valence-corrected chi connectivity index (χ0v) is 12.2. The fourth-order valence-corrected chi connectivity index (χ4v) is 2.39. The smallest absolute Gasteiger partial charge is 0.254 e. The highest BCUT2D eigenvalue weighted by molar-refractivity contribution is 6.39. The maximum absolute atomic E-state index is 12.5. The van der Waals surface area contributed by atoms with Crippen molar-refractivity contribution < 1.29 is 9.53 Å². The molecular formula is C13H16Cl2N2O2. The van der Waals surface area contributed by atoms with Crippen LogP contribution in [0, 0.1) is 0 Å². The maximum atomic E-state index is 12.5. The Hall–Kier alpha value is -0.970. The van der Waals surface area contributed by atoms with Gasteiger partial charge in [0.2, 0.25) is 0 Å². The van der Waals surface area contributed by atoms with Crippen molar-refractivity contribution >= 4 is 34.8 Å².